The van der Waals surface area contributed by atoms with Gasteiger partial charge >= 0.3 is 0 Å². The molecule has 7 heteroatoms. The minimum Gasteiger partial charge on any atom is -0.378 e. The zero-order valence-electron chi connectivity index (χ0n) is 12.9. The molecule has 2 amide bonds. The van der Waals surface area contributed by atoms with Crippen molar-refractivity contribution >= 4 is 24.2 Å². The highest BCUT2D eigenvalue weighted by Crippen LogP contribution is 2.49. The van der Waals surface area contributed by atoms with E-state index in [9.17, 15) is 9.59 Å². The van der Waals surface area contributed by atoms with Gasteiger partial charge in [-0.05, 0) is 6.92 Å². The van der Waals surface area contributed by atoms with Gasteiger partial charge in [-0.1, -0.05) is 13.8 Å². The topological polar surface area (TPSA) is 84.7 Å². The molecule has 1 aliphatic carbocycles. The van der Waals surface area contributed by atoms with E-state index in [1.54, 1.807) is 14.1 Å². The van der Waals surface area contributed by atoms with Crippen LogP contribution in [-0.2, 0) is 14.3 Å². The second kappa shape index (κ2) is 6.74. The van der Waals surface area contributed by atoms with Gasteiger partial charge < -0.3 is 20.7 Å². The molecule has 20 heavy (non-hydrogen) atoms. The zero-order valence-corrected chi connectivity index (χ0v) is 13.7. The third kappa shape index (κ3) is 3.24. The van der Waals surface area contributed by atoms with Crippen LogP contribution < -0.4 is 11.1 Å². The van der Waals surface area contributed by atoms with Crippen molar-refractivity contribution < 1.29 is 14.3 Å². The highest BCUT2D eigenvalue weighted by molar-refractivity contribution is 5.92. The van der Waals surface area contributed by atoms with E-state index in [4.69, 9.17) is 10.5 Å². The monoisotopic (exact) mass is 307 g/mol. The van der Waals surface area contributed by atoms with E-state index in [-0.39, 0.29) is 36.9 Å². The van der Waals surface area contributed by atoms with Crippen molar-refractivity contribution in [1.29, 1.82) is 0 Å². The fourth-order valence-corrected chi connectivity index (χ4v) is 2.29. The number of hydrogen-bond acceptors (Lipinski definition) is 4. The Labute approximate surface area is 126 Å². The van der Waals surface area contributed by atoms with Crippen LogP contribution in [0.3, 0.4) is 0 Å². The van der Waals surface area contributed by atoms with Gasteiger partial charge in [0.05, 0.1) is 12.6 Å². The largest absolute Gasteiger partial charge is 0.378 e. The first-order valence-corrected chi connectivity index (χ1v) is 6.55. The van der Waals surface area contributed by atoms with E-state index in [0.717, 1.165) is 0 Å². The summed E-state index contributed by atoms with van der Waals surface area (Å²) in [4.78, 5) is 25.1. The molecule has 0 aromatic heterocycles. The van der Waals surface area contributed by atoms with Crippen molar-refractivity contribution in [1.82, 2.24) is 10.2 Å². The summed E-state index contributed by atoms with van der Waals surface area (Å²) < 4.78 is 5.57. The number of carbonyl (C=O) groups excluding carboxylic acids is 2. The van der Waals surface area contributed by atoms with Crippen LogP contribution >= 0.6 is 12.4 Å². The van der Waals surface area contributed by atoms with Crippen LogP contribution in [0.25, 0.3) is 0 Å². The first-order valence-electron chi connectivity index (χ1n) is 6.55. The van der Waals surface area contributed by atoms with Crippen molar-refractivity contribution in [3.05, 3.63) is 0 Å². The highest BCUT2D eigenvalue weighted by Gasteiger charge is 2.62. The third-order valence-corrected chi connectivity index (χ3v) is 4.13. The average Bonchev–Trinajstić information content (AvgIpc) is 2.34. The summed E-state index contributed by atoms with van der Waals surface area (Å²) in [6.07, 6.45) is 0.466. The number of carbonyl (C=O) groups is 2. The predicted molar refractivity (Wildman–Crippen MR) is 79.7 cm³/mol. The van der Waals surface area contributed by atoms with Crippen LogP contribution in [0.1, 0.15) is 27.2 Å². The van der Waals surface area contributed by atoms with Gasteiger partial charge in [-0.15, -0.1) is 12.4 Å². The first kappa shape index (κ1) is 19.1. The van der Waals surface area contributed by atoms with Crippen molar-refractivity contribution in [2.45, 2.75) is 38.8 Å². The average molecular weight is 308 g/mol. The van der Waals surface area contributed by atoms with Crippen molar-refractivity contribution in [3.63, 3.8) is 0 Å². The summed E-state index contributed by atoms with van der Waals surface area (Å²) in [6.45, 7) is 6.34. The van der Waals surface area contributed by atoms with Crippen LogP contribution in [-0.4, -0.2) is 55.6 Å². The van der Waals surface area contributed by atoms with Crippen LogP contribution in [0.2, 0.25) is 0 Å². The molecule has 3 N–H and O–H groups in total. The third-order valence-electron chi connectivity index (χ3n) is 4.13. The lowest BCUT2D eigenvalue weighted by atomic mass is 9.54. The van der Waals surface area contributed by atoms with Crippen LogP contribution in [0.15, 0.2) is 0 Å². The van der Waals surface area contributed by atoms with Gasteiger partial charge in [0.25, 0.3) is 0 Å². The highest BCUT2D eigenvalue weighted by atomic mass is 35.5. The quantitative estimate of drug-likeness (QED) is 0.757. The van der Waals surface area contributed by atoms with E-state index >= 15 is 0 Å². The summed E-state index contributed by atoms with van der Waals surface area (Å²) in [5, 5.41) is 2.61. The SMILES string of the molecule is CCOC1CC(N)(C(=O)NCC(=O)N(C)C)C1(C)C.Cl. The summed E-state index contributed by atoms with van der Waals surface area (Å²) in [5.74, 6) is -0.445. The Kier molecular flexibility index (Phi) is 6.45. The second-order valence-corrected chi connectivity index (χ2v) is 5.81. The molecule has 1 aliphatic rings. The summed E-state index contributed by atoms with van der Waals surface area (Å²) >= 11 is 0. The molecule has 1 fully saturated rings. The molecule has 0 aliphatic heterocycles. The van der Waals surface area contributed by atoms with Gasteiger partial charge in [-0.2, -0.15) is 0 Å². The second-order valence-electron chi connectivity index (χ2n) is 5.81. The molecule has 0 saturated heterocycles. The number of ether oxygens (including phenoxy) is 1. The molecule has 0 aromatic carbocycles. The molecule has 0 bridgehead atoms. The molecule has 2 atom stereocenters. The Morgan fingerprint density at radius 1 is 1.40 bits per heavy atom. The fraction of sp³-hybridized carbons (Fsp3) is 0.846. The maximum absolute atomic E-state index is 12.2. The molecular weight excluding hydrogens is 282 g/mol. The molecule has 118 valence electrons. The van der Waals surface area contributed by atoms with Gasteiger partial charge in [0.1, 0.15) is 5.54 Å². The summed E-state index contributed by atoms with van der Waals surface area (Å²) in [7, 11) is 3.29. The normalized spacial score (nSPS) is 27.0. The number of nitrogens with zero attached hydrogens (tertiary/aromatic N) is 1. The number of nitrogens with one attached hydrogen (secondary N) is 1. The van der Waals surface area contributed by atoms with E-state index in [1.165, 1.54) is 4.90 Å². The molecule has 1 saturated carbocycles. The number of amides is 2. The van der Waals surface area contributed by atoms with Gasteiger partial charge in [0.15, 0.2) is 0 Å². The zero-order chi connectivity index (χ0) is 14.8. The molecule has 0 aromatic rings. The van der Waals surface area contributed by atoms with E-state index in [2.05, 4.69) is 5.32 Å². The molecular formula is C13H26ClN3O3. The molecule has 1 rings (SSSR count). The van der Waals surface area contributed by atoms with Gasteiger partial charge in [0.2, 0.25) is 11.8 Å². The van der Waals surface area contributed by atoms with Crippen LogP contribution in [0.4, 0.5) is 0 Å². The Morgan fingerprint density at radius 2 is 1.95 bits per heavy atom. The predicted octanol–water partition coefficient (Wildman–Crippen LogP) is 0.145. The fourth-order valence-electron chi connectivity index (χ4n) is 2.29. The van der Waals surface area contributed by atoms with Gasteiger partial charge in [0, 0.05) is 32.5 Å². The Morgan fingerprint density at radius 3 is 2.35 bits per heavy atom. The van der Waals surface area contributed by atoms with Gasteiger partial charge in [-0.3, -0.25) is 9.59 Å². The maximum atomic E-state index is 12.2. The van der Waals surface area contributed by atoms with Gasteiger partial charge in [-0.25, -0.2) is 0 Å². The summed E-state index contributed by atoms with van der Waals surface area (Å²) in [5.41, 5.74) is 4.78. The Balaban J connectivity index is 0.00000361. The van der Waals surface area contributed by atoms with Crippen LogP contribution in [0.5, 0.6) is 0 Å². The van der Waals surface area contributed by atoms with E-state index in [1.807, 2.05) is 20.8 Å². The number of likely N-dealkylation sites (N-methyl/N-ethyl adjacent to an activating group) is 1. The lowest BCUT2D eigenvalue weighted by molar-refractivity contribution is -0.171. The van der Waals surface area contributed by atoms with Crippen molar-refractivity contribution in [3.8, 4) is 0 Å². The molecule has 2 unspecified atom stereocenters. The van der Waals surface area contributed by atoms with Crippen molar-refractivity contribution in [2.24, 2.45) is 11.1 Å². The molecule has 0 heterocycles. The number of rotatable bonds is 5. The number of nitrogens with two attached hydrogens (primary N) is 1. The van der Waals surface area contributed by atoms with Crippen LogP contribution in [0, 0.1) is 5.41 Å². The Hall–Kier alpha value is -0.850. The molecule has 6 nitrogen and oxygen atoms in total. The number of hydrogen-bond donors (Lipinski definition) is 2. The minimum absolute atomic E-state index is 0. The lowest BCUT2D eigenvalue weighted by Gasteiger charge is -2.57. The summed E-state index contributed by atoms with van der Waals surface area (Å²) in [6, 6.07) is 0. The van der Waals surface area contributed by atoms with E-state index in [0.29, 0.717) is 13.0 Å². The number of halogens is 1. The first-order chi connectivity index (χ1) is 8.66. The lowest BCUT2D eigenvalue weighted by Crippen LogP contribution is -2.76. The molecule has 0 spiro atoms. The smallest absolute Gasteiger partial charge is 0.241 e. The standard InChI is InChI=1S/C13H25N3O3.ClH/c1-6-19-9-7-13(14,12(9,2)3)11(18)15-8-10(17)16(4)5;/h9H,6-8,14H2,1-5H3,(H,15,18);1H. The Bertz CT molecular complexity index is 374. The van der Waals surface area contributed by atoms with E-state index < -0.39 is 11.0 Å². The maximum Gasteiger partial charge on any atom is 0.241 e. The minimum atomic E-state index is -0.973. The molecule has 0 radical (unpaired) electrons. The van der Waals surface area contributed by atoms with Crippen molar-refractivity contribution in [2.75, 3.05) is 27.2 Å².